The zero-order valence-corrected chi connectivity index (χ0v) is 13.8. The van der Waals surface area contributed by atoms with Crippen molar-refractivity contribution in [3.63, 3.8) is 0 Å². The lowest BCUT2D eigenvalue weighted by Crippen LogP contribution is -2.30. The van der Waals surface area contributed by atoms with Crippen molar-refractivity contribution in [1.82, 2.24) is 0 Å². The van der Waals surface area contributed by atoms with Crippen LogP contribution in [0.3, 0.4) is 0 Å². The summed E-state index contributed by atoms with van der Waals surface area (Å²) in [5, 5.41) is 3.56. The molecule has 1 saturated heterocycles. The van der Waals surface area contributed by atoms with Crippen molar-refractivity contribution in [3.05, 3.63) is 60.1 Å². The van der Waals surface area contributed by atoms with Gasteiger partial charge in [0, 0.05) is 24.2 Å². The second-order valence-electron chi connectivity index (χ2n) is 6.32. The minimum Gasteiger partial charge on any atom is -0.451 e. The Labute approximate surface area is 145 Å². The number of para-hydroxylation sites is 1. The normalized spacial score (nSPS) is 14.7. The summed E-state index contributed by atoms with van der Waals surface area (Å²) < 4.78 is 20.0. The molecule has 5 heteroatoms. The number of carbonyl (C=O) groups is 1. The number of nitrogens with one attached hydrogen (secondary N) is 1. The SMILES string of the molecule is O=C(Nc1ccc(N2CCCCC2)c(F)c1)c1cc2ccccc2o1. The molecule has 0 radical (unpaired) electrons. The summed E-state index contributed by atoms with van der Waals surface area (Å²) in [5.41, 5.74) is 1.67. The third-order valence-corrected chi connectivity index (χ3v) is 4.55. The molecular weight excluding hydrogens is 319 g/mol. The van der Waals surface area contributed by atoms with Crippen LogP contribution in [0.2, 0.25) is 0 Å². The summed E-state index contributed by atoms with van der Waals surface area (Å²) >= 11 is 0. The van der Waals surface area contributed by atoms with Gasteiger partial charge in [-0.1, -0.05) is 18.2 Å². The first kappa shape index (κ1) is 15.7. The highest BCUT2D eigenvalue weighted by atomic mass is 19.1. The van der Waals surface area contributed by atoms with E-state index in [1.54, 1.807) is 24.3 Å². The van der Waals surface area contributed by atoms with E-state index >= 15 is 0 Å². The van der Waals surface area contributed by atoms with Gasteiger partial charge in [-0.2, -0.15) is 0 Å². The second-order valence-corrected chi connectivity index (χ2v) is 6.32. The van der Waals surface area contributed by atoms with Gasteiger partial charge in [-0.15, -0.1) is 0 Å². The van der Waals surface area contributed by atoms with Crippen LogP contribution in [-0.4, -0.2) is 19.0 Å². The number of fused-ring (bicyclic) bond motifs is 1. The number of hydrogen-bond acceptors (Lipinski definition) is 3. The average molecular weight is 338 g/mol. The van der Waals surface area contributed by atoms with Crippen LogP contribution in [0.5, 0.6) is 0 Å². The highest BCUT2D eigenvalue weighted by Gasteiger charge is 2.17. The zero-order chi connectivity index (χ0) is 17.2. The fourth-order valence-electron chi connectivity index (χ4n) is 3.26. The number of rotatable bonds is 3. The highest BCUT2D eigenvalue weighted by molar-refractivity contribution is 6.04. The minimum absolute atomic E-state index is 0.210. The van der Waals surface area contributed by atoms with Gasteiger partial charge in [0.25, 0.3) is 5.91 Å². The average Bonchev–Trinajstić information content (AvgIpc) is 3.07. The van der Waals surface area contributed by atoms with Crippen LogP contribution in [0.1, 0.15) is 29.8 Å². The van der Waals surface area contributed by atoms with Crippen molar-refractivity contribution in [3.8, 4) is 0 Å². The molecule has 1 fully saturated rings. The number of furan rings is 1. The van der Waals surface area contributed by atoms with Crippen molar-refractivity contribution >= 4 is 28.3 Å². The van der Waals surface area contributed by atoms with Gasteiger partial charge in [0.1, 0.15) is 11.4 Å². The van der Waals surface area contributed by atoms with Crippen LogP contribution in [-0.2, 0) is 0 Å². The van der Waals surface area contributed by atoms with E-state index in [0.717, 1.165) is 31.3 Å². The lowest BCUT2D eigenvalue weighted by Gasteiger charge is -2.29. The third-order valence-electron chi connectivity index (χ3n) is 4.55. The first-order valence-electron chi connectivity index (χ1n) is 8.55. The molecule has 0 saturated carbocycles. The molecule has 2 aromatic carbocycles. The Morgan fingerprint density at radius 1 is 1.04 bits per heavy atom. The third kappa shape index (κ3) is 3.22. The summed E-state index contributed by atoms with van der Waals surface area (Å²) in [4.78, 5) is 14.4. The Morgan fingerprint density at radius 3 is 2.60 bits per heavy atom. The molecule has 1 aliphatic heterocycles. The number of piperidine rings is 1. The largest absolute Gasteiger partial charge is 0.451 e. The van der Waals surface area contributed by atoms with Crippen LogP contribution >= 0.6 is 0 Å². The van der Waals surface area contributed by atoms with Crippen LogP contribution in [0.4, 0.5) is 15.8 Å². The summed E-state index contributed by atoms with van der Waals surface area (Å²) in [6.07, 6.45) is 3.37. The Balaban J connectivity index is 1.52. The van der Waals surface area contributed by atoms with Crippen molar-refractivity contribution in [2.24, 2.45) is 0 Å². The van der Waals surface area contributed by atoms with Gasteiger partial charge < -0.3 is 14.6 Å². The van der Waals surface area contributed by atoms with E-state index < -0.39 is 0 Å². The standard InChI is InChI=1S/C20H19FN2O2/c21-16-13-15(8-9-17(16)23-10-4-1-5-11-23)22-20(24)19-12-14-6-2-3-7-18(14)25-19/h2-3,6-9,12-13H,1,4-5,10-11H2,(H,22,24). The van der Waals surface area contributed by atoms with E-state index in [1.165, 1.54) is 12.5 Å². The molecule has 3 aromatic rings. The van der Waals surface area contributed by atoms with Gasteiger partial charge in [-0.3, -0.25) is 4.79 Å². The minimum atomic E-state index is -0.388. The Kier molecular flexibility index (Phi) is 4.14. The summed E-state index contributed by atoms with van der Waals surface area (Å²) in [6.45, 7) is 1.75. The van der Waals surface area contributed by atoms with Gasteiger partial charge in [0.05, 0.1) is 5.69 Å². The quantitative estimate of drug-likeness (QED) is 0.745. The summed E-state index contributed by atoms with van der Waals surface area (Å²) in [6, 6.07) is 13.9. The Morgan fingerprint density at radius 2 is 1.84 bits per heavy atom. The molecule has 4 rings (SSSR count). The molecule has 0 aliphatic carbocycles. The van der Waals surface area contributed by atoms with E-state index in [1.807, 2.05) is 18.2 Å². The molecule has 128 valence electrons. The lowest BCUT2D eigenvalue weighted by molar-refractivity contribution is 0.0998. The monoisotopic (exact) mass is 338 g/mol. The zero-order valence-electron chi connectivity index (χ0n) is 13.8. The molecule has 1 aliphatic rings. The number of amides is 1. The molecule has 1 N–H and O–H groups in total. The van der Waals surface area contributed by atoms with Gasteiger partial charge >= 0.3 is 0 Å². The van der Waals surface area contributed by atoms with E-state index in [2.05, 4.69) is 10.2 Å². The van der Waals surface area contributed by atoms with Gasteiger partial charge in [0.15, 0.2) is 5.76 Å². The van der Waals surface area contributed by atoms with Crippen molar-refractivity contribution in [2.75, 3.05) is 23.3 Å². The lowest BCUT2D eigenvalue weighted by atomic mass is 10.1. The van der Waals surface area contributed by atoms with Gasteiger partial charge in [-0.05, 0) is 49.6 Å². The molecule has 0 atom stereocenters. The summed E-state index contributed by atoms with van der Waals surface area (Å²) in [5.74, 6) is -0.493. The fraction of sp³-hybridized carbons (Fsp3) is 0.250. The Hall–Kier alpha value is -2.82. The highest BCUT2D eigenvalue weighted by Crippen LogP contribution is 2.26. The number of carbonyl (C=O) groups excluding carboxylic acids is 1. The first-order chi connectivity index (χ1) is 12.2. The molecular formula is C20H19FN2O2. The van der Waals surface area contributed by atoms with E-state index in [9.17, 15) is 9.18 Å². The van der Waals surface area contributed by atoms with Gasteiger partial charge in [0.2, 0.25) is 0 Å². The fourth-order valence-corrected chi connectivity index (χ4v) is 3.26. The predicted octanol–water partition coefficient (Wildman–Crippen LogP) is 4.81. The van der Waals surface area contributed by atoms with Crippen LogP contribution in [0.25, 0.3) is 11.0 Å². The molecule has 1 aromatic heterocycles. The van der Waals surface area contributed by atoms with Crippen molar-refractivity contribution in [1.29, 1.82) is 0 Å². The number of hydrogen-bond donors (Lipinski definition) is 1. The maximum atomic E-state index is 14.4. The molecule has 0 spiro atoms. The van der Waals surface area contributed by atoms with Crippen molar-refractivity contribution in [2.45, 2.75) is 19.3 Å². The second kappa shape index (κ2) is 6.59. The molecule has 2 heterocycles. The van der Waals surface area contributed by atoms with E-state index in [-0.39, 0.29) is 17.5 Å². The molecule has 0 unspecified atom stereocenters. The van der Waals surface area contributed by atoms with Crippen LogP contribution < -0.4 is 10.2 Å². The van der Waals surface area contributed by atoms with Crippen molar-refractivity contribution < 1.29 is 13.6 Å². The predicted molar refractivity (Wildman–Crippen MR) is 96.6 cm³/mol. The molecule has 4 nitrogen and oxygen atoms in total. The first-order valence-corrected chi connectivity index (χ1v) is 8.55. The van der Waals surface area contributed by atoms with E-state index in [0.29, 0.717) is 17.0 Å². The van der Waals surface area contributed by atoms with E-state index in [4.69, 9.17) is 4.42 Å². The topological polar surface area (TPSA) is 45.5 Å². The number of benzene rings is 2. The van der Waals surface area contributed by atoms with Crippen LogP contribution in [0, 0.1) is 5.82 Å². The Bertz CT molecular complexity index is 880. The summed E-state index contributed by atoms with van der Waals surface area (Å²) in [7, 11) is 0. The number of halogens is 1. The van der Waals surface area contributed by atoms with Crippen LogP contribution in [0.15, 0.2) is 52.9 Å². The molecule has 0 bridgehead atoms. The molecule has 25 heavy (non-hydrogen) atoms. The maximum absolute atomic E-state index is 14.4. The number of nitrogens with zero attached hydrogens (tertiary/aromatic N) is 1. The smallest absolute Gasteiger partial charge is 0.291 e. The molecule has 1 amide bonds. The van der Waals surface area contributed by atoms with Gasteiger partial charge in [-0.25, -0.2) is 4.39 Å². The number of anilines is 2. The maximum Gasteiger partial charge on any atom is 0.291 e.